The van der Waals surface area contributed by atoms with Crippen LogP contribution in [0.5, 0.6) is 0 Å². The van der Waals surface area contributed by atoms with Gasteiger partial charge in [0.05, 0.1) is 5.69 Å². The summed E-state index contributed by atoms with van der Waals surface area (Å²) in [6, 6.07) is 22.5. The van der Waals surface area contributed by atoms with Crippen molar-refractivity contribution in [2.75, 3.05) is 0 Å². The summed E-state index contributed by atoms with van der Waals surface area (Å²) in [7, 11) is 0. The Morgan fingerprint density at radius 1 is 0.906 bits per heavy atom. The first-order chi connectivity index (χ1) is 15.2. The van der Waals surface area contributed by atoms with Crippen LogP contribution in [0.25, 0.3) is 17.1 Å². The Hall–Kier alpha value is -2.27. The van der Waals surface area contributed by atoms with Crippen LogP contribution in [0.3, 0.4) is 0 Å². The molecule has 164 valence electrons. The Morgan fingerprint density at radius 2 is 1.62 bits per heavy atom. The first kappa shape index (κ1) is 22.9. The number of para-hydroxylation sites is 1. The van der Waals surface area contributed by atoms with E-state index >= 15 is 0 Å². The second-order valence-corrected chi connectivity index (χ2v) is 10.6. The molecule has 4 rings (SSSR count). The van der Waals surface area contributed by atoms with E-state index in [1.165, 1.54) is 5.56 Å². The quantitative estimate of drug-likeness (QED) is 0.269. The molecule has 1 heterocycles. The fourth-order valence-electron chi connectivity index (χ4n) is 3.48. The zero-order valence-electron chi connectivity index (χ0n) is 18.6. The van der Waals surface area contributed by atoms with Gasteiger partial charge >= 0.3 is 0 Å². The molecule has 0 bridgehead atoms. The number of aryl methyl sites for hydroxylation is 1. The molecule has 0 aliphatic rings. The van der Waals surface area contributed by atoms with Crippen LogP contribution in [0.1, 0.15) is 37.5 Å². The number of rotatable bonds is 5. The largest absolute Gasteiger partial charge is 0.270 e. The highest BCUT2D eigenvalue weighted by Crippen LogP contribution is 2.33. The Balaban J connectivity index is 1.75. The Morgan fingerprint density at radius 3 is 2.28 bits per heavy atom. The van der Waals surface area contributed by atoms with E-state index in [2.05, 4.69) is 78.9 Å². The van der Waals surface area contributed by atoms with Crippen molar-refractivity contribution < 1.29 is 0 Å². The number of halogens is 2. The minimum Gasteiger partial charge on any atom is -0.270 e. The highest BCUT2D eigenvalue weighted by Gasteiger charge is 2.19. The fraction of sp³-hybridized carbons (Fsp3) is 0.231. The van der Waals surface area contributed by atoms with Gasteiger partial charge in [0.1, 0.15) is 0 Å². The molecule has 0 aliphatic carbocycles. The summed E-state index contributed by atoms with van der Waals surface area (Å²) >= 11 is 14.0. The third-order valence-electron chi connectivity index (χ3n) is 5.37. The molecule has 0 radical (unpaired) electrons. The zero-order valence-corrected chi connectivity index (χ0v) is 20.9. The second-order valence-electron chi connectivity index (χ2n) is 8.78. The highest BCUT2D eigenvalue weighted by molar-refractivity contribution is 7.98. The maximum atomic E-state index is 6.39. The molecule has 6 heteroatoms. The van der Waals surface area contributed by atoms with E-state index in [0.717, 1.165) is 33.4 Å². The van der Waals surface area contributed by atoms with Gasteiger partial charge in [0.2, 0.25) is 0 Å². The lowest BCUT2D eigenvalue weighted by molar-refractivity contribution is 0.590. The summed E-state index contributed by atoms with van der Waals surface area (Å²) < 4.78 is 2.13. The predicted molar refractivity (Wildman–Crippen MR) is 136 cm³/mol. The van der Waals surface area contributed by atoms with Crippen LogP contribution in [-0.4, -0.2) is 14.8 Å². The first-order valence-electron chi connectivity index (χ1n) is 10.4. The van der Waals surface area contributed by atoms with Crippen molar-refractivity contribution in [2.24, 2.45) is 0 Å². The zero-order chi connectivity index (χ0) is 22.9. The van der Waals surface area contributed by atoms with Crippen molar-refractivity contribution in [3.63, 3.8) is 0 Å². The molecule has 3 nitrogen and oxygen atoms in total. The van der Waals surface area contributed by atoms with Crippen molar-refractivity contribution in [1.29, 1.82) is 0 Å². The van der Waals surface area contributed by atoms with Gasteiger partial charge in [0.15, 0.2) is 11.0 Å². The molecule has 0 unspecified atom stereocenters. The van der Waals surface area contributed by atoms with Crippen molar-refractivity contribution in [2.45, 2.75) is 44.0 Å². The van der Waals surface area contributed by atoms with E-state index in [-0.39, 0.29) is 5.41 Å². The van der Waals surface area contributed by atoms with Crippen molar-refractivity contribution >= 4 is 35.0 Å². The van der Waals surface area contributed by atoms with Gasteiger partial charge in [-0.1, -0.05) is 104 Å². The molecule has 1 aromatic heterocycles. The normalized spacial score (nSPS) is 11.7. The van der Waals surface area contributed by atoms with Gasteiger partial charge < -0.3 is 0 Å². The molecule has 0 fully saturated rings. The van der Waals surface area contributed by atoms with E-state index in [1.54, 1.807) is 17.8 Å². The topological polar surface area (TPSA) is 30.7 Å². The maximum Gasteiger partial charge on any atom is 0.196 e. The van der Waals surface area contributed by atoms with Crippen LogP contribution in [-0.2, 0) is 11.2 Å². The second kappa shape index (κ2) is 9.30. The van der Waals surface area contributed by atoms with Gasteiger partial charge in [0, 0.05) is 21.4 Å². The average Bonchev–Trinajstić information content (AvgIpc) is 3.16. The highest BCUT2D eigenvalue weighted by atomic mass is 35.5. The molecular weight excluding hydrogens is 457 g/mol. The molecular formula is C26H25Cl2N3S. The first-order valence-corrected chi connectivity index (χ1v) is 12.2. The van der Waals surface area contributed by atoms with Gasteiger partial charge in [-0.15, -0.1) is 10.2 Å². The van der Waals surface area contributed by atoms with E-state index < -0.39 is 0 Å². The third kappa shape index (κ3) is 4.88. The molecule has 4 aromatic rings. The summed E-state index contributed by atoms with van der Waals surface area (Å²) in [5.74, 6) is 1.49. The lowest BCUT2D eigenvalue weighted by atomic mass is 9.87. The smallest absolute Gasteiger partial charge is 0.196 e. The SMILES string of the molecule is Cc1ccccc1-n1c(SCc2ccc(Cl)cc2Cl)nnc1-c1ccc(C(C)(C)C)cc1. The number of hydrogen-bond donors (Lipinski definition) is 0. The summed E-state index contributed by atoms with van der Waals surface area (Å²) in [4.78, 5) is 0. The molecule has 3 aromatic carbocycles. The van der Waals surface area contributed by atoms with E-state index in [1.807, 2.05) is 24.3 Å². The number of hydrogen-bond acceptors (Lipinski definition) is 3. The Labute approximate surface area is 203 Å². The van der Waals surface area contributed by atoms with Gasteiger partial charge in [-0.25, -0.2) is 0 Å². The van der Waals surface area contributed by atoms with E-state index in [0.29, 0.717) is 15.8 Å². The molecule has 0 spiro atoms. The molecule has 0 amide bonds. The lowest BCUT2D eigenvalue weighted by Crippen LogP contribution is -2.10. The fourth-order valence-corrected chi connectivity index (χ4v) is 4.99. The van der Waals surface area contributed by atoms with Crippen molar-refractivity contribution in [1.82, 2.24) is 14.8 Å². The Kier molecular flexibility index (Phi) is 6.66. The van der Waals surface area contributed by atoms with Crippen molar-refractivity contribution in [3.05, 3.63) is 93.5 Å². The van der Waals surface area contributed by atoms with Crippen LogP contribution < -0.4 is 0 Å². The number of thioether (sulfide) groups is 1. The monoisotopic (exact) mass is 481 g/mol. The Bertz CT molecular complexity index is 1240. The van der Waals surface area contributed by atoms with E-state index in [9.17, 15) is 0 Å². The van der Waals surface area contributed by atoms with E-state index in [4.69, 9.17) is 23.2 Å². The van der Waals surface area contributed by atoms with Crippen LogP contribution in [0.4, 0.5) is 0 Å². The minimum atomic E-state index is 0.0983. The molecule has 0 atom stereocenters. The van der Waals surface area contributed by atoms with Gasteiger partial charge in [-0.05, 0) is 47.2 Å². The molecule has 0 N–H and O–H groups in total. The molecule has 32 heavy (non-hydrogen) atoms. The number of benzene rings is 3. The summed E-state index contributed by atoms with van der Waals surface area (Å²) in [5.41, 5.74) is 5.65. The molecule has 0 aliphatic heterocycles. The van der Waals surface area contributed by atoms with Crippen molar-refractivity contribution in [3.8, 4) is 17.1 Å². The third-order valence-corrected chi connectivity index (χ3v) is 6.94. The summed E-state index contributed by atoms with van der Waals surface area (Å²) in [6.45, 7) is 8.75. The lowest BCUT2D eigenvalue weighted by Gasteiger charge is -2.19. The van der Waals surface area contributed by atoms with Crippen LogP contribution in [0, 0.1) is 6.92 Å². The number of aromatic nitrogens is 3. The summed E-state index contributed by atoms with van der Waals surface area (Å²) in [6.07, 6.45) is 0. The van der Waals surface area contributed by atoms with Crippen LogP contribution in [0.2, 0.25) is 10.0 Å². The standard InChI is InChI=1S/C26H25Cl2N3S/c1-17-7-5-6-8-23(17)31-24(18-9-12-20(13-10-18)26(2,3)4)29-30-25(31)32-16-19-11-14-21(27)15-22(19)28/h5-15H,16H2,1-4H3. The van der Waals surface area contributed by atoms with Crippen LogP contribution >= 0.6 is 35.0 Å². The number of nitrogens with zero attached hydrogens (tertiary/aromatic N) is 3. The van der Waals surface area contributed by atoms with Crippen LogP contribution in [0.15, 0.2) is 71.9 Å². The van der Waals surface area contributed by atoms with Gasteiger partial charge in [0.25, 0.3) is 0 Å². The maximum absolute atomic E-state index is 6.39. The van der Waals surface area contributed by atoms with Gasteiger partial charge in [-0.3, -0.25) is 4.57 Å². The molecule has 0 saturated heterocycles. The molecule has 0 saturated carbocycles. The van der Waals surface area contributed by atoms with Gasteiger partial charge in [-0.2, -0.15) is 0 Å². The average molecular weight is 482 g/mol. The minimum absolute atomic E-state index is 0.0983. The predicted octanol–water partition coefficient (Wildman–Crippen LogP) is 8.14. The summed E-state index contributed by atoms with van der Waals surface area (Å²) in [5, 5.41) is 11.2.